The SMILES string of the molecule is CCn1c(NC(=O)c2ccc(OCC(F)(F)F)nc2)nc2ccccc21. The number of anilines is 1. The molecule has 0 fully saturated rings. The fourth-order valence-electron chi connectivity index (χ4n) is 2.42. The van der Waals surface area contributed by atoms with Crippen molar-refractivity contribution in [2.24, 2.45) is 0 Å². The number of imidazole rings is 1. The second-order valence-electron chi connectivity index (χ2n) is 5.41. The van der Waals surface area contributed by atoms with Crippen LogP contribution in [0, 0.1) is 0 Å². The molecule has 2 heterocycles. The van der Waals surface area contributed by atoms with Crippen molar-refractivity contribution in [2.75, 3.05) is 11.9 Å². The molecule has 0 aliphatic carbocycles. The number of nitrogens with zero attached hydrogens (tertiary/aromatic N) is 3. The van der Waals surface area contributed by atoms with E-state index in [4.69, 9.17) is 0 Å². The smallest absolute Gasteiger partial charge is 0.422 e. The van der Waals surface area contributed by atoms with Crippen LogP contribution in [-0.4, -0.2) is 33.2 Å². The Kier molecular flexibility index (Phi) is 4.79. The Morgan fingerprint density at radius 3 is 2.65 bits per heavy atom. The monoisotopic (exact) mass is 364 g/mol. The van der Waals surface area contributed by atoms with Crippen LogP contribution in [0.2, 0.25) is 0 Å². The fraction of sp³-hybridized carbons (Fsp3) is 0.235. The lowest BCUT2D eigenvalue weighted by molar-refractivity contribution is -0.154. The van der Waals surface area contributed by atoms with Gasteiger partial charge in [0.2, 0.25) is 11.8 Å². The van der Waals surface area contributed by atoms with Gasteiger partial charge >= 0.3 is 6.18 Å². The molecule has 3 aromatic rings. The van der Waals surface area contributed by atoms with E-state index in [1.807, 2.05) is 35.8 Å². The molecular formula is C17H15F3N4O2. The van der Waals surface area contributed by atoms with E-state index in [1.165, 1.54) is 12.1 Å². The predicted octanol–water partition coefficient (Wildman–Crippen LogP) is 3.64. The molecule has 1 aromatic carbocycles. The summed E-state index contributed by atoms with van der Waals surface area (Å²) in [5, 5.41) is 2.70. The number of rotatable bonds is 5. The summed E-state index contributed by atoms with van der Waals surface area (Å²) < 4.78 is 42.7. The van der Waals surface area contributed by atoms with E-state index in [0.29, 0.717) is 12.5 Å². The number of pyridine rings is 1. The van der Waals surface area contributed by atoms with Gasteiger partial charge in [0.25, 0.3) is 5.91 Å². The van der Waals surface area contributed by atoms with Crippen LogP contribution in [0.25, 0.3) is 11.0 Å². The van der Waals surface area contributed by atoms with E-state index in [2.05, 4.69) is 20.0 Å². The first-order chi connectivity index (χ1) is 12.4. The van der Waals surface area contributed by atoms with Crippen LogP contribution in [0.1, 0.15) is 17.3 Å². The summed E-state index contributed by atoms with van der Waals surface area (Å²) in [5.74, 6) is -0.291. The first-order valence-corrected chi connectivity index (χ1v) is 7.79. The van der Waals surface area contributed by atoms with Gasteiger partial charge in [-0.3, -0.25) is 10.1 Å². The highest BCUT2D eigenvalue weighted by Crippen LogP contribution is 2.20. The minimum absolute atomic E-state index is 0.180. The lowest BCUT2D eigenvalue weighted by Gasteiger charge is -2.09. The van der Waals surface area contributed by atoms with Gasteiger partial charge in [-0.25, -0.2) is 9.97 Å². The van der Waals surface area contributed by atoms with Gasteiger partial charge in [-0.15, -0.1) is 0 Å². The number of hydrogen-bond acceptors (Lipinski definition) is 4. The maximum Gasteiger partial charge on any atom is 0.422 e. The van der Waals surface area contributed by atoms with Gasteiger partial charge in [0.1, 0.15) is 0 Å². The molecule has 1 N–H and O–H groups in total. The summed E-state index contributed by atoms with van der Waals surface area (Å²) in [7, 11) is 0. The standard InChI is InChI=1S/C17H15F3N4O2/c1-2-24-13-6-4-3-5-12(13)22-16(24)23-15(25)11-7-8-14(21-9-11)26-10-17(18,19)20/h3-9H,2,10H2,1H3,(H,22,23,25). The van der Waals surface area contributed by atoms with Gasteiger partial charge < -0.3 is 9.30 Å². The van der Waals surface area contributed by atoms with E-state index >= 15 is 0 Å². The predicted molar refractivity (Wildman–Crippen MR) is 89.1 cm³/mol. The quantitative estimate of drug-likeness (QED) is 0.750. The van der Waals surface area contributed by atoms with E-state index in [1.54, 1.807) is 0 Å². The third kappa shape index (κ3) is 3.93. The molecule has 0 saturated carbocycles. The number of carbonyl (C=O) groups excluding carboxylic acids is 1. The lowest BCUT2D eigenvalue weighted by atomic mass is 10.3. The average Bonchev–Trinajstić information content (AvgIpc) is 2.96. The number of nitrogens with one attached hydrogen (secondary N) is 1. The molecular weight excluding hydrogens is 349 g/mol. The van der Waals surface area contributed by atoms with Gasteiger partial charge in [-0.05, 0) is 25.1 Å². The third-order valence-corrected chi connectivity index (χ3v) is 3.58. The Morgan fingerprint density at radius 2 is 2.00 bits per heavy atom. The average molecular weight is 364 g/mol. The number of ether oxygens (including phenoxy) is 1. The van der Waals surface area contributed by atoms with Crippen LogP contribution in [-0.2, 0) is 6.54 Å². The first kappa shape index (κ1) is 17.7. The number of para-hydroxylation sites is 2. The Hall–Kier alpha value is -3.10. The van der Waals surface area contributed by atoms with Crippen molar-refractivity contribution < 1.29 is 22.7 Å². The molecule has 6 nitrogen and oxygen atoms in total. The van der Waals surface area contributed by atoms with Crippen molar-refractivity contribution in [3.8, 4) is 5.88 Å². The second kappa shape index (κ2) is 7.03. The molecule has 136 valence electrons. The number of benzene rings is 1. The molecule has 0 saturated heterocycles. The molecule has 2 aromatic heterocycles. The Morgan fingerprint density at radius 1 is 1.23 bits per heavy atom. The number of halogens is 3. The summed E-state index contributed by atoms with van der Waals surface area (Å²) in [6.45, 7) is 1.10. The molecule has 0 aliphatic rings. The highest BCUT2D eigenvalue weighted by Gasteiger charge is 2.28. The molecule has 9 heteroatoms. The largest absolute Gasteiger partial charge is 0.468 e. The Balaban J connectivity index is 1.74. The highest BCUT2D eigenvalue weighted by molar-refractivity contribution is 6.03. The minimum Gasteiger partial charge on any atom is -0.468 e. The van der Waals surface area contributed by atoms with Gasteiger partial charge in [0.05, 0.1) is 16.6 Å². The molecule has 1 amide bonds. The van der Waals surface area contributed by atoms with Crippen molar-refractivity contribution in [3.05, 3.63) is 48.2 Å². The van der Waals surface area contributed by atoms with E-state index < -0.39 is 18.7 Å². The van der Waals surface area contributed by atoms with Crippen LogP contribution in [0.4, 0.5) is 19.1 Å². The van der Waals surface area contributed by atoms with Crippen molar-refractivity contribution in [1.82, 2.24) is 14.5 Å². The topological polar surface area (TPSA) is 69.0 Å². The van der Waals surface area contributed by atoms with E-state index in [0.717, 1.165) is 17.2 Å². The summed E-state index contributed by atoms with van der Waals surface area (Å²) in [6.07, 6.45) is -3.29. The van der Waals surface area contributed by atoms with Crippen LogP contribution in [0.3, 0.4) is 0 Å². The number of alkyl halides is 3. The van der Waals surface area contributed by atoms with Gasteiger partial charge in [0, 0.05) is 18.8 Å². The zero-order chi connectivity index (χ0) is 18.7. The van der Waals surface area contributed by atoms with Crippen molar-refractivity contribution in [2.45, 2.75) is 19.6 Å². The third-order valence-electron chi connectivity index (χ3n) is 3.58. The summed E-state index contributed by atoms with van der Waals surface area (Å²) in [5.41, 5.74) is 1.82. The molecule has 0 radical (unpaired) electrons. The lowest BCUT2D eigenvalue weighted by Crippen LogP contribution is -2.20. The Bertz CT molecular complexity index is 920. The normalized spacial score (nSPS) is 11.5. The van der Waals surface area contributed by atoms with Crippen LogP contribution < -0.4 is 10.1 Å². The fourth-order valence-corrected chi connectivity index (χ4v) is 2.42. The number of fused-ring (bicyclic) bond motifs is 1. The maximum absolute atomic E-state index is 12.4. The molecule has 0 spiro atoms. The number of aromatic nitrogens is 3. The van der Waals surface area contributed by atoms with Crippen LogP contribution in [0.15, 0.2) is 42.6 Å². The summed E-state index contributed by atoms with van der Waals surface area (Å²) in [4.78, 5) is 20.5. The van der Waals surface area contributed by atoms with Crippen LogP contribution >= 0.6 is 0 Å². The molecule has 0 bridgehead atoms. The van der Waals surface area contributed by atoms with E-state index in [-0.39, 0.29) is 11.4 Å². The Labute approximate surface area is 146 Å². The number of carbonyl (C=O) groups is 1. The first-order valence-electron chi connectivity index (χ1n) is 7.79. The van der Waals surface area contributed by atoms with E-state index in [9.17, 15) is 18.0 Å². The number of hydrogen-bond donors (Lipinski definition) is 1. The molecule has 26 heavy (non-hydrogen) atoms. The maximum atomic E-state index is 12.4. The summed E-state index contributed by atoms with van der Waals surface area (Å²) in [6, 6.07) is 10.0. The van der Waals surface area contributed by atoms with Crippen molar-refractivity contribution >= 4 is 22.9 Å². The van der Waals surface area contributed by atoms with Gasteiger partial charge in [0.15, 0.2) is 6.61 Å². The zero-order valence-corrected chi connectivity index (χ0v) is 13.7. The zero-order valence-electron chi connectivity index (χ0n) is 13.7. The van der Waals surface area contributed by atoms with Crippen molar-refractivity contribution in [1.29, 1.82) is 0 Å². The van der Waals surface area contributed by atoms with Gasteiger partial charge in [-0.1, -0.05) is 12.1 Å². The molecule has 0 unspecified atom stereocenters. The second-order valence-corrected chi connectivity index (χ2v) is 5.41. The molecule has 0 aliphatic heterocycles. The summed E-state index contributed by atoms with van der Waals surface area (Å²) >= 11 is 0. The number of amides is 1. The minimum atomic E-state index is -4.45. The van der Waals surface area contributed by atoms with Crippen molar-refractivity contribution in [3.63, 3.8) is 0 Å². The number of aryl methyl sites for hydroxylation is 1. The van der Waals surface area contributed by atoms with Gasteiger partial charge in [-0.2, -0.15) is 13.2 Å². The highest BCUT2D eigenvalue weighted by atomic mass is 19.4. The molecule has 0 atom stereocenters. The molecule has 3 rings (SSSR count). The van der Waals surface area contributed by atoms with Crippen LogP contribution in [0.5, 0.6) is 5.88 Å².